The van der Waals surface area contributed by atoms with Crippen LogP contribution in [0.4, 0.5) is 8.78 Å². The molecule has 0 radical (unpaired) electrons. The number of rotatable bonds is 7. The zero-order chi connectivity index (χ0) is 22.6. The van der Waals surface area contributed by atoms with Gasteiger partial charge in [-0.3, -0.25) is 0 Å². The number of carbonyl (C=O) groups excluding carboxylic acids is 2. The molecule has 0 bridgehead atoms. The topological polar surface area (TPSA) is 71.1 Å². The maximum atomic E-state index is 14.8. The summed E-state index contributed by atoms with van der Waals surface area (Å²) in [7, 11) is 0. The third-order valence-corrected chi connectivity index (χ3v) is 4.73. The molecule has 166 valence electrons. The molecule has 8 heteroatoms. The van der Waals surface area contributed by atoms with Gasteiger partial charge in [-0.05, 0) is 44.0 Å². The fourth-order valence-electron chi connectivity index (χ4n) is 3.20. The zero-order valence-electron chi connectivity index (χ0n) is 17.5. The first-order valence-corrected chi connectivity index (χ1v) is 9.87. The Balaban J connectivity index is 1.81. The van der Waals surface area contributed by atoms with Gasteiger partial charge >= 0.3 is 17.9 Å². The zero-order valence-corrected chi connectivity index (χ0v) is 17.5. The van der Waals surface area contributed by atoms with Gasteiger partial charge in [-0.15, -0.1) is 0 Å². The van der Waals surface area contributed by atoms with Crippen molar-refractivity contribution in [2.75, 3.05) is 13.2 Å². The molecule has 31 heavy (non-hydrogen) atoms. The number of benzene rings is 2. The van der Waals surface area contributed by atoms with Crippen LogP contribution in [0, 0.1) is 0 Å². The Hall–Kier alpha value is -2.84. The normalized spacial score (nSPS) is 18.9. The third-order valence-electron chi connectivity index (χ3n) is 4.73. The Labute approximate surface area is 179 Å². The molecule has 2 atom stereocenters. The Kier molecular flexibility index (Phi) is 6.71. The third kappa shape index (κ3) is 5.26. The van der Waals surface area contributed by atoms with Crippen molar-refractivity contribution < 1.29 is 37.3 Å². The maximum absolute atomic E-state index is 14.8. The van der Waals surface area contributed by atoms with Crippen molar-refractivity contribution in [2.24, 2.45) is 0 Å². The number of carbonyl (C=O) groups is 2. The summed E-state index contributed by atoms with van der Waals surface area (Å²) in [5, 5.41) is 0. The summed E-state index contributed by atoms with van der Waals surface area (Å²) >= 11 is 0. The quantitative estimate of drug-likeness (QED) is 0.608. The molecule has 6 nitrogen and oxygen atoms in total. The number of ether oxygens (including phenoxy) is 4. The summed E-state index contributed by atoms with van der Waals surface area (Å²) in [5.74, 6) is -8.08. The summed E-state index contributed by atoms with van der Waals surface area (Å²) in [4.78, 5) is 24.5. The van der Waals surface area contributed by atoms with Crippen LogP contribution in [0.25, 0.3) is 11.1 Å². The molecule has 0 aromatic heterocycles. The highest BCUT2D eigenvalue weighted by Crippen LogP contribution is 2.34. The van der Waals surface area contributed by atoms with Crippen LogP contribution in [-0.4, -0.2) is 49.1 Å². The van der Waals surface area contributed by atoms with Gasteiger partial charge in [0, 0.05) is 0 Å². The van der Waals surface area contributed by atoms with E-state index in [4.69, 9.17) is 14.2 Å². The lowest BCUT2D eigenvalue weighted by Gasteiger charge is -2.29. The lowest BCUT2D eigenvalue weighted by molar-refractivity contribution is -0.210. The van der Waals surface area contributed by atoms with E-state index in [1.54, 1.807) is 12.1 Å². The first-order valence-electron chi connectivity index (χ1n) is 9.87. The van der Waals surface area contributed by atoms with Crippen LogP contribution in [-0.2, 0) is 23.7 Å². The van der Waals surface area contributed by atoms with E-state index in [0.717, 1.165) is 11.1 Å². The smallest absolute Gasteiger partial charge is 0.381 e. The van der Waals surface area contributed by atoms with Crippen LogP contribution in [0.3, 0.4) is 0 Å². The maximum Gasteiger partial charge on any atom is 0.381 e. The monoisotopic (exact) mass is 434 g/mol. The molecule has 1 heterocycles. The van der Waals surface area contributed by atoms with Gasteiger partial charge in [0.1, 0.15) is 6.10 Å². The summed E-state index contributed by atoms with van der Waals surface area (Å²) in [6.07, 6.45) is -3.56. The molecule has 3 rings (SSSR count). The SMILES string of the molecule is CCOC(=O)C(F)(F)C(OC(=O)c1ccc(-c2ccccc2)cc1)C1COC(C)(C)O1. The highest BCUT2D eigenvalue weighted by atomic mass is 19.3. The second-order valence-electron chi connectivity index (χ2n) is 7.48. The minimum absolute atomic E-state index is 0.0579. The van der Waals surface area contributed by atoms with E-state index in [2.05, 4.69) is 4.74 Å². The van der Waals surface area contributed by atoms with Gasteiger partial charge in [0.2, 0.25) is 6.10 Å². The van der Waals surface area contributed by atoms with E-state index in [-0.39, 0.29) is 18.8 Å². The van der Waals surface area contributed by atoms with Gasteiger partial charge in [-0.25, -0.2) is 9.59 Å². The molecule has 0 spiro atoms. The molecule has 2 unspecified atom stereocenters. The van der Waals surface area contributed by atoms with Crippen LogP contribution >= 0.6 is 0 Å². The van der Waals surface area contributed by atoms with E-state index in [1.165, 1.54) is 32.9 Å². The van der Waals surface area contributed by atoms with Crippen LogP contribution in [0.15, 0.2) is 54.6 Å². The molecular formula is C23H24F2O6. The fraction of sp³-hybridized carbons (Fsp3) is 0.391. The van der Waals surface area contributed by atoms with Crippen molar-refractivity contribution >= 4 is 11.9 Å². The van der Waals surface area contributed by atoms with Crippen LogP contribution in [0.5, 0.6) is 0 Å². The number of hydrogen-bond donors (Lipinski definition) is 0. The molecule has 0 aliphatic carbocycles. The number of alkyl halides is 2. The van der Waals surface area contributed by atoms with Crippen molar-refractivity contribution in [1.82, 2.24) is 0 Å². The molecule has 0 saturated carbocycles. The largest absolute Gasteiger partial charge is 0.461 e. The average molecular weight is 434 g/mol. The molecule has 1 aliphatic heterocycles. The van der Waals surface area contributed by atoms with Crippen LogP contribution < -0.4 is 0 Å². The number of halogens is 2. The van der Waals surface area contributed by atoms with E-state index in [9.17, 15) is 18.4 Å². The van der Waals surface area contributed by atoms with Gasteiger partial charge in [0.05, 0.1) is 18.8 Å². The summed E-state index contributed by atoms with van der Waals surface area (Å²) in [6, 6.07) is 15.8. The van der Waals surface area contributed by atoms with Crippen molar-refractivity contribution in [3.63, 3.8) is 0 Å². The molecule has 2 aromatic carbocycles. The second kappa shape index (κ2) is 9.11. The van der Waals surface area contributed by atoms with Gasteiger partial charge in [0.15, 0.2) is 5.79 Å². The van der Waals surface area contributed by atoms with E-state index in [0.29, 0.717) is 0 Å². The van der Waals surface area contributed by atoms with Crippen LogP contribution in [0.1, 0.15) is 31.1 Å². The standard InChI is InChI=1S/C23H24F2O6/c1-4-28-21(27)23(24,25)19(18-14-29-22(2,3)31-18)30-20(26)17-12-10-16(11-13-17)15-8-6-5-7-9-15/h5-13,18-19H,4,14H2,1-3H3. The van der Waals surface area contributed by atoms with Crippen molar-refractivity contribution in [3.05, 3.63) is 60.2 Å². The minimum atomic E-state index is -4.12. The molecule has 2 aromatic rings. The van der Waals surface area contributed by atoms with E-state index < -0.39 is 35.9 Å². The second-order valence-corrected chi connectivity index (χ2v) is 7.48. The highest BCUT2D eigenvalue weighted by Gasteiger charge is 2.58. The van der Waals surface area contributed by atoms with E-state index >= 15 is 0 Å². The van der Waals surface area contributed by atoms with Crippen molar-refractivity contribution in [2.45, 2.75) is 44.7 Å². The predicted octanol–water partition coefficient (Wildman–Crippen LogP) is 4.23. The Bertz CT molecular complexity index is 911. The summed E-state index contributed by atoms with van der Waals surface area (Å²) < 4.78 is 50.0. The molecular weight excluding hydrogens is 410 g/mol. The number of hydrogen-bond acceptors (Lipinski definition) is 6. The van der Waals surface area contributed by atoms with Crippen LogP contribution in [0.2, 0.25) is 0 Å². The summed E-state index contributed by atoms with van der Waals surface area (Å²) in [6.45, 7) is 3.96. The molecule has 1 fully saturated rings. The molecule has 1 saturated heterocycles. The average Bonchev–Trinajstić information content (AvgIpc) is 3.11. The Morgan fingerprint density at radius 3 is 2.26 bits per heavy atom. The van der Waals surface area contributed by atoms with Crippen molar-refractivity contribution in [1.29, 1.82) is 0 Å². The predicted molar refractivity (Wildman–Crippen MR) is 108 cm³/mol. The lowest BCUT2D eigenvalue weighted by atomic mass is 10.0. The van der Waals surface area contributed by atoms with Crippen molar-refractivity contribution in [3.8, 4) is 11.1 Å². The summed E-state index contributed by atoms with van der Waals surface area (Å²) in [5.41, 5.74) is 1.84. The minimum Gasteiger partial charge on any atom is -0.461 e. The Morgan fingerprint density at radius 2 is 1.71 bits per heavy atom. The van der Waals surface area contributed by atoms with E-state index in [1.807, 2.05) is 30.3 Å². The van der Waals surface area contributed by atoms with Gasteiger partial charge in [-0.2, -0.15) is 8.78 Å². The fourth-order valence-corrected chi connectivity index (χ4v) is 3.20. The van der Waals surface area contributed by atoms with Gasteiger partial charge in [0.25, 0.3) is 0 Å². The first kappa shape index (κ1) is 22.8. The van der Waals surface area contributed by atoms with Gasteiger partial charge < -0.3 is 18.9 Å². The highest BCUT2D eigenvalue weighted by molar-refractivity contribution is 5.90. The van der Waals surface area contributed by atoms with Gasteiger partial charge in [-0.1, -0.05) is 42.5 Å². The lowest BCUT2D eigenvalue weighted by Crippen LogP contribution is -2.52. The molecule has 1 aliphatic rings. The Morgan fingerprint density at radius 1 is 1.10 bits per heavy atom. The first-order chi connectivity index (χ1) is 14.6. The molecule has 0 amide bonds. The molecule has 0 N–H and O–H groups in total. The number of esters is 2.